The predicted octanol–water partition coefficient (Wildman–Crippen LogP) is 2.38. The van der Waals surface area contributed by atoms with E-state index in [2.05, 4.69) is 4.72 Å². The Balaban J connectivity index is 2.23. The maximum atomic E-state index is 13.3. The number of carboxylic acids is 1. The number of halogens is 1. The van der Waals surface area contributed by atoms with Crippen molar-refractivity contribution in [3.63, 3.8) is 0 Å². The van der Waals surface area contributed by atoms with Gasteiger partial charge in [-0.1, -0.05) is 12.8 Å². The van der Waals surface area contributed by atoms with E-state index in [4.69, 9.17) is 5.11 Å². The van der Waals surface area contributed by atoms with E-state index in [1.807, 2.05) is 0 Å². The van der Waals surface area contributed by atoms with E-state index in [0.717, 1.165) is 43.9 Å². The SMILES string of the molecule is C[C@@H](NS(=O)(=O)c1ccc(F)c(C(=O)O)c1)C1CCCC1. The Hall–Kier alpha value is -1.47. The molecule has 2 rings (SSSR count). The number of hydrogen-bond donors (Lipinski definition) is 2. The van der Waals surface area contributed by atoms with Gasteiger partial charge in [0, 0.05) is 6.04 Å². The second kappa shape index (κ2) is 6.11. The van der Waals surface area contributed by atoms with Gasteiger partial charge in [-0.15, -0.1) is 0 Å². The minimum absolute atomic E-state index is 0.226. The van der Waals surface area contributed by atoms with E-state index < -0.39 is 27.4 Å². The molecule has 0 aliphatic heterocycles. The molecule has 0 heterocycles. The second-order valence-electron chi connectivity index (χ2n) is 5.40. The number of carboxylic acid groups (broad SMARTS) is 1. The molecule has 1 aromatic rings. The van der Waals surface area contributed by atoms with Crippen LogP contribution in [-0.2, 0) is 10.0 Å². The van der Waals surface area contributed by atoms with Crippen LogP contribution in [0.15, 0.2) is 23.1 Å². The van der Waals surface area contributed by atoms with Crippen molar-refractivity contribution in [3.8, 4) is 0 Å². The van der Waals surface area contributed by atoms with Gasteiger partial charge in [-0.25, -0.2) is 22.3 Å². The molecule has 0 unspecified atom stereocenters. The van der Waals surface area contributed by atoms with Crippen LogP contribution in [0, 0.1) is 11.7 Å². The number of benzene rings is 1. The van der Waals surface area contributed by atoms with Gasteiger partial charge in [0.25, 0.3) is 0 Å². The molecule has 1 saturated carbocycles. The van der Waals surface area contributed by atoms with Gasteiger partial charge in [0.2, 0.25) is 10.0 Å². The summed E-state index contributed by atoms with van der Waals surface area (Å²) in [6.07, 6.45) is 4.15. The molecule has 0 aromatic heterocycles. The fraction of sp³-hybridized carbons (Fsp3) is 0.500. The summed E-state index contributed by atoms with van der Waals surface area (Å²) in [5, 5.41) is 8.86. The minimum atomic E-state index is -3.85. The zero-order valence-electron chi connectivity index (χ0n) is 11.7. The molecule has 21 heavy (non-hydrogen) atoms. The number of carbonyl (C=O) groups is 1. The predicted molar refractivity (Wildman–Crippen MR) is 75.1 cm³/mol. The zero-order chi connectivity index (χ0) is 15.6. The summed E-state index contributed by atoms with van der Waals surface area (Å²) in [6.45, 7) is 1.80. The Morgan fingerprint density at radius 3 is 2.57 bits per heavy atom. The first-order chi connectivity index (χ1) is 9.81. The number of nitrogens with one attached hydrogen (secondary N) is 1. The molecule has 1 aromatic carbocycles. The smallest absolute Gasteiger partial charge is 0.338 e. The summed E-state index contributed by atoms with van der Waals surface area (Å²) in [4.78, 5) is 10.6. The molecule has 0 saturated heterocycles. The van der Waals surface area contributed by atoms with Crippen LogP contribution in [-0.4, -0.2) is 25.5 Å². The third kappa shape index (κ3) is 3.59. The summed E-state index contributed by atoms with van der Waals surface area (Å²) in [6, 6.07) is 2.56. The summed E-state index contributed by atoms with van der Waals surface area (Å²) in [7, 11) is -3.85. The number of hydrogen-bond acceptors (Lipinski definition) is 3. The first kappa shape index (κ1) is 15.9. The first-order valence-corrected chi connectivity index (χ1v) is 8.35. The van der Waals surface area contributed by atoms with Gasteiger partial charge in [-0.05, 0) is 43.9 Å². The van der Waals surface area contributed by atoms with Crippen LogP contribution in [0.3, 0.4) is 0 Å². The maximum Gasteiger partial charge on any atom is 0.338 e. The fourth-order valence-corrected chi connectivity index (χ4v) is 4.04. The lowest BCUT2D eigenvalue weighted by Crippen LogP contribution is -2.37. The monoisotopic (exact) mass is 315 g/mol. The van der Waals surface area contributed by atoms with Crippen LogP contribution >= 0.6 is 0 Å². The van der Waals surface area contributed by atoms with Gasteiger partial charge in [0.1, 0.15) is 5.82 Å². The van der Waals surface area contributed by atoms with Crippen molar-refractivity contribution in [3.05, 3.63) is 29.6 Å². The van der Waals surface area contributed by atoms with Crippen LogP contribution in [0.2, 0.25) is 0 Å². The van der Waals surface area contributed by atoms with Crippen LogP contribution in [0.4, 0.5) is 4.39 Å². The zero-order valence-corrected chi connectivity index (χ0v) is 12.5. The lowest BCUT2D eigenvalue weighted by Gasteiger charge is -2.20. The lowest BCUT2D eigenvalue weighted by molar-refractivity contribution is 0.0691. The highest BCUT2D eigenvalue weighted by Crippen LogP contribution is 2.28. The van der Waals surface area contributed by atoms with Gasteiger partial charge >= 0.3 is 5.97 Å². The molecule has 1 fully saturated rings. The molecule has 1 aliphatic rings. The number of rotatable bonds is 5. The Morgan fingerprint density at radius 2 is 2.00 bits per heavy atom. The Morgan fingerprint density at radius 1 is 1.38 bits per heavy atom. The molecule has 5 nitrogen and oxygen atoms in total. The van der Waals surface area contributed by atoms with Crippen molar-refractivity contribution >= 4 is 16.0 Å². The lowest BCUT2D eigenvalue weighted by atomic mass is 10.0. The average molecular weight is 315 g/mol. The molecule has 7 heteroatoms. The van der Waals surface area contributed by atoms with Gasteiger partial charge < -0.3 is 5.11 Å². The Kier molecular flexibility index (Phi) is 4.63. The van der Waals surface area contributed by atoms with Crippen LogP contribution in [0.1, 0.15) is 43.0 Å². The van der Waals surface area contributed by atoms with E-state index in [9.17, 15) is 17.6 Å². The van der Waals surface area contributed by atoms with Crippen molar-refractivity contribution < 1.29 is 22.7 Å². The van der Waals surface area contributed by atoms with E-state index in [1.165, 1.54) is 0 Å². The van der Waals surface area contributed by atoms with Crippen LogP contribution in [0.5, 0.6) is 0 Å². The maximum absolute atomic E-state index is 13.3. The summed E-state index contributed by atoms with van der Waals surface area (Å²) >= 11 is 0. The fourth-order valence-electron chi connectivity index (χ4n) is 2.70. The van der Waals surface area contributed by atoms with Crippen molar-refractivity contribution in [2.24, 2.45) is 5.92 Å². The van der Waals surface area contributed by atoms with Gasteiger partial charge in [-0.3, -0.25) is 0 Å². The molecule has 1 aliphatic carbocycles. The normalized spacial score (nSPS) is 17.8. The number of sulfonamides is 1. The quantitative estimate of drug-likeness (QED) is 0.874. The third-order valence-corrected chi connectivity index (χ3v) is 5.48. The van der Waals surface area contributed by atoms with Crippen molar-refractivity contribution in [1.82, 2.24) is 4.72 Å². The highest BCUT2D eigenvalue weighted by atomic mass is 32.2. The van der Waals surface area contributed by atoms with E-state index in [0.29, 0.717) is 5.92 Å². The van der Waals surface area contributed by atoms with Crippen LogP contribution < -0.4 is 4.72 Å². The molecular weight excluding hydrogens is 297 g/mol. The van der Waals surface area contributed by atoms with Crippen LogP contribution in [0.25, 0.3) is 0 Å². The molecule has 0 amide bonds. The molecular formula is C14H18FNO4S. The Labute approximate surface area is 123 Å². The Bertz CT molecular complexity index is 638. The van der Waals surface area contributed by atoms with E-state index in [-0.39, 0.29) is 10.9 Å². The molecule has 2 N–H and O–H groups in total. The van der Waals surface area contributed by atoms with Crippen molar-refractivity contribution in [2.75, 3.05) is 0 Å². The van der Waals surface area contributed by atoms with Crippen molar-refractivity contribution in [2.45, 2.75) is 43.5 Å². The summed E-state index contributed by atoms with van der Waals surface area (Å²) < 4.78 is 40.4. The first-order valence-electron chi connectivity index (χ1n) is 6.86. The molecule has 0 spiro atoms. The van der Waals surface area contributed by atoms with E-state index in [1.54, 1.807) is 6.92 Å². The minimum Gasteiger partial charge on any atom is -0.478 e. The summed E-state index contributed by atoms with van der Waals surface area (Å²) in [5.41, 5.74) is -0.647. The van der Waals surface area contributed by atoms with Gasteiger partial charge in [-0.2, -0.15) is 0 Å². The number of aromatic carboxylic acids is 1. The highest BCUT2D eigenvalue weighted by molar-refractivity contribution is 7.89. The third-order valence-electron chi connectivity index (χ3n) is 3.93. The van der Waals surface area contributed by atoms with Crippen molar-refractivity contribution in [1.29, 1.82) is 0 Å². The molecule has 116 valence electrons. The second-order valence-corrected chi connectivity index (χ2v) is 7.12. The standard InChI is InChI=1S/C14H18FNO4S/c1-9(10-4-2-3-5-10)16-21(19,20)11-6-7-13(15)12(8-11)14(17)18/h6-10,16H,2-5H2,1H3,(H,17,18)/t9-/m1/s1. The molecule has 1 atom stereocenters. The average Bonchev–Trinajstić information content (AvgIpc) is 2.92. The van der Waals surface area contributed by atoms with E-state index >= 15 is 0 Å². The largest absolute Gasteiger partial charge is 0.478 e. The van der Waals surface area contributed by atoms with Gasteiger partial charge in [0.05, 0.1) is 10.5 Å². The summed E-state index contributed by atoms with van der Waals surface area (Å²) in [5.74, 6) is -2.15. The highest BCUT2D eigenvalue weighted by Gasteiger charge is 2.27. The van der Waals surface area contributed by atoms with Gasteiger partial charge in [0.15, 0.2) is 0 Å². The molecule has 0 bridgehead atoms. The topological polar surface area (TPSA) is 83.5 Å². The molecule has 0 radical (unpaired) electrons.